The van der Waals surface area contributed by atoms with E-state index < -0.39 is 11.9 Å². The minimum atomic E-state index is -0.804. The van der Waals surface area contributed by atoms with Crippen LogP contribution in [0, 0.1) is 13.8 Å². The lowest BCUT2D eigenvalue weighted by molar-refractivity contribution is -0.138. The fourth-order valence-corrected chi connectivity index (χ4v) is 3.27. The average Bonchev–Trinajstić information content (AvgIpc) is 2.69. The fraction of sp³-hybridized carbons (Fsp3) is 0.174. The molecule has 2 aromatic carbocycles. The Morgan fingerprint density at radius 3 is 1.96 bits per heavy atom. The molecule has 0 fully saturated rings. The van der Waals surface area contributed by atoms with E-state index in [0.717, 1.165) is 44.2 Å². The van der Waals surface area contributed by atoms with E-state index in [9.17, 15) is 4.79 Å². The van der Waals surface area contributed by atoms with Gasteiger partial charge in [-0.15, -0.1) is 0 Å². The summed E-state index contributed by atoms with van der Waals surface area (Å²) in [5.41, 5.74) is 9.41. The molecule has 4 rings (SSSR count). The number of nitrogens with two attached hydrogens (primary N) is 1. The van der Waals surface area contributed by atoms with E-state index in [4.69, 9.17) is 10.8 Å². The largest absolute Gasteiger partial charge is 0.481 e. The molecule has 0 radical (unpaired) electrons. The van der Waals surface area contributed by atoms with Crippen molar-refractivity contribution in [1.29, 1.82) is 0 Å². The Labute approximate surface area is 163 Å². The standard InChI is InChI=1S/C13H13NO2.C10H10N2/c1-8(13(15)16)10-4-3-5-11-9(2)14-7-6-12(10)11;1-7-8-3-2-4-10(11)9(8)5-6-12-7/h3-8H,1-2H3,(H,15,16);2-6H,11H2,1H3. The van der Waals surface area contributed by atoms with Crippen molar-refractivity contribution in [1.82, 2.24) is 9.97 Å². The topological polar surface area (TPSA) is 89.1 Å². The lowest BCUT2D eigenvalue weighted by atomic mass is 9.95. The number of hydrogen-bond donors (Lipinski definition) is 2. The molecule has 0 aliphatic heterocycles. The van der Waals surface area contributed by atoms with Gasteiger partial charge in [0.2, 0.25) is 0 Å². The van der Waals surface area contributed by atoms with Crippen LogP contribution < -0.4 is 5.73 Å². The predicted molar refractivity (Wildman–Crippen MR) is 113 cm³/mol. The highest BCUT2D eigenvalue weighted by Gasteiger charge is 2.16. The molecule has 3 N–H and O–H groups in total. The molecular formula is C23H23N3O2. The van der Waals surface area contributed by atoms with Crippen LogP contribution in [0.15, 0.2) is 60.9 Å². The van der Waals surface area contributed by atoms with Gasteiger partial charge in [0.05, 0.1) is 5.92 Å². The first-order valence-electron chi connectivity index (χ1n) is 9.07. The molecule has 5 heteroatoms. The summed E-state index contributed by atoms with van der Waals surface area (Å²) in [5.74, 6) is -1.30. The summed E-state index contributed by atoms with van der Waals surface area (Å²) >= 11 is 0. The SMILES string of the molecule is Cc1nccc2c(C(C)C(=O)O)cccc12.Cc1nccc2c(N)cccc12. The van der Waals surface area contributed by atoms with Gasteiger partial charge in [-0.1, -0.05) is 30.3 Å². The van der Waals surface area contributed by atoms with Crippen molar-refractivity contribution in [3.63, 3.8) is 0 Å². The highest BCUT2D eigenvalue weighted by Crippen LogP contribution is 2.26. The summed E-state index contributed by atoms with van der Waals surface area (Å²) in [4.78, 5) is 19.4. The summed E-state index contributed by atoms with van der Waals surface area (Å²) in [6.07, 6.45) is 3.50. The number of pyridine rings is 2. The number of rotatable bonds is 2. The van der Waals surface area contributed by atoms with Crippen LogP contribution in [-0.2, 0) is 4.79 Å². The molecule has 0 bridgehead atoms. The summed E-state index contributed by atoms with van der Waals surface area (Å²) < 4.78 is 0. The molecule has 5 nitrogen and oxygen atoms in total. The Hall–Kier alpha value is -3.47. The van der Waals surface area contributed by atoms with Crippen molar-refractivity contribution < 1.29 is 9.90 Å². The van der Waals surface area contributed by atoms with Gasteiger partial charge >= 0.3 is 5.97 Å². The Bertz CT molecular complexity index is 1110. The van der Waals surface area contributed by atoms with E-state index in [1.165, 1.54) is 0 Å². The zero-order valence-corrected chi connectivity index (χ0v) is 16.2. The number of hydrogen-bond acceptors (Lipinski definition) is 4. The lowest BCUT2D eigenvalue weighted by Crippen LogP contribution is -2.08. The molecule has 2 aromatic heterocycles. The first-order valence-corrected chi connectivity index (χ1v) is 9.07. The third kappa shape index (κ3) is 3.78. The van der Waals surface area contributed by atoms with E-state index >= 15 is 0 Å². The monoisotopic (exact) mass is 373 g/mol. The molecule has 0 spiro atoms. The number of benzene rings is 2. The average molecular weight is 373 g/mol. The number of fused-ring (bicyclic) bond motifs is 2. The molecule has 1 atom stereocenters. The number of aromatic nitrogens is 2. The van der Waals surface area contributed by atoms with Crippen molar-refractivity contribution >= 4 is 33.2 Å². The maximum Gasteiger partial charge on any atom is 0.310 e. The van der Waals surface area contributed by atoms with Gasteiger partial charge in [0.1, 0.15) is 0 Å². The summed E-state index contributed by atoms with van der Waals surface area (Å²) in [6.45, 7) is 5.62. The summed E-state index contributed by atoms with van der Waals surface area (Å²) in [7, 11) is 0. The molecule has 28 heavy (non-hydrogen) atoms. The van der Waals surface area contributed by atoms with Gasteiger partial charge in [-0.05, 0) is 49.9 Å². The van der Waals surface area contributed by atoms with E-state index in [-0.39, 0.29) is 0 Å². The van der Waals surface area contributed by atoms with Gasteiger partial charge in [-0.25, -0.2) is 0 Å². The number of carboxylic acid groups (broad SMARTS) is 1. The van der Waals surface area contributed by atoms with Crippen LogP contribution in [0.3, 0.4) is 0 Å². The number of anilines is 1. The van der Waals surface area contributed by atoms with E-state index in [0.29, 0.717) is 0 Å². The molecule has 142 valence electrons. The summed E-state index contributed by atoms with van der Waals surface area (Å²) in [6, 6.07) is 15.4. The van der Waals surface area contributed by atoms with Gasteiger partial charge < -0.3 is 10.8 Å². The van der Waals surface area contributed by atoms with Crippen LogP contribution in [0.4, 0.5) is 5.69 Å². The number of nitrogens with zero attached hydrogens (tertiary/aromatic N) is 2. The van der Waals surface area contributed by atoms with E-state index in [1.807, 2.05) is 62.4 Å². The van der Waals surface area contributed by atoms with Gasteiger partial charge in [-0.3, -0.25) is 14.8 Å². The van der Waals surface area contributed by atoms with Crippen LogP contribution in [0.5, 0.6) is 0 Å². The zero-order chi connectivity index (χ0) is 20.3. The normalized spacial score (nSPS) is 11.7. The molecule has 0 saturated carbocycles. The van der Waals surface area contributed by atoms with Crippen LogP contribution in [0.25, 0.3) is 21.5 Å². The number of nitrogen functional groups attached to an aromatic ring is 1. The Balaban J connectivity index is 0.000000167. The second-order valence-corrected chi connectivity index (χ2v) is 6.74. The quantitative estimate of drug-likeness (QED) is 0.490. The third-order valence-electron chi connectivity index (χ3n) is 4.91. The Morgan fingerprint density at radius 1 is 0.857 bits per heavy atom. The summed E-state index contributed by atoms with van der Waals surface area (Å²) in [5, 5.41) is 13.3. The maximum atomic E-state index is 11.0. The van der Waals surface area contributed by atoms with Gasteiger partial charge in [0.15, 0.2) is 0 Å². The zero-order valence-electron chi connectivity index (χ0n) is 16.2. The van der Waals surface area contributed by atoms with Crippen molar-refractivity contribution in [2.24, 2.45) is 0 Å². The van der Waals surface area contributed by atoms with E-state index in [1.54, 1.807) is 19.3 Å². The molecule has 2 heterocycles. The van der Waals surface area contributed by atoms with Crippen molar-refractivity contribution in [2.75, 3.05) is 5.73 Å². The van der Waals surface area contributed by atoms with Gasteiger partial charge in [0, 0.05) is 45.6 Å². The predicted octanol–water partition coefficient (Wildman–Crippen LogP) is 4.86. The Morgan fingerprint density at radius 2 is 1.39 bits per heavy atom. The maximum absolute atomic E-state index is 11.0. The van der Waals surface area contributed by atoms with Crippen molar-refractivity contribution in [3.8, 4) is 0 Å². The number of aliphatic carboxylic acids is 1. The first-order chi connectivity index (χ1) is 13.4. The molecule has 0 aliphatic carbocycles. The smallest absolute Gasteiger partial charge is 0.310 e. The molecule has 4 aromatic rings. The minimum absolute atomic E-state index is 0.495. The van der Waals surface area contributed by atoms with Crippen LogP contribution in [0.1, 0.15) is 29.8 Å². The molecule has 0 amide bonds. The van der Waals surface area contributed by atoms with Gasteiger partial charge in [-0.2, -0.15) is 0 Å². The number of carbonyl (C=O) groups is 1. The number of carboxylic acids is 1. The van der Waals surface area contributed by atoms with Crippen LogP contribution >= 0.6 is 0 Å². The Kier molecular flexibility index (Phi) is 5.54. The van der Waals surface area contributed by atoms with Crippen LogP contribution in [-0.4, -0.2) is 21.0 Å². The van der Waals surface area contributed by atoms with Gasteiger partial charge in [0.25, 0.3) is 0 Å². The fourth-order valence-electron chi connectivity index (χ4n) is 3.27. The van der Waals surface area contributed by atoms with E-state index in [2.05, 4.69) is 9.97 Å². The molecule has 0 saturated heterocycles. The van der Waals surface area contributed by atoms with Crippen molar-refractivity contribution in [3.05, 3.63) is 77.9 Å². The third-order valence-corrected chi connectivity index (χ3v) is 4.91. The number of aryl methyl sites for hydroxylation is 2. The lowest BCUT2D eigenvalue weighted by Gasteiger charge is -2.11. The van der Waals surface area contributed by atoms with Crippen LogP contribution in [0.2, 0.25) is 0 Å². The second kappa shape index (κ2) is 8.05. The minimum Gasteiger partial charge on any atom is -0.481 e. The second-order valence-electron chi connectivity index (χ2n) is 6.74. The first kappa shape index (κ1) is 19.3. The van der Waals surface area contributed by atoms with Crippen molar-refractivity contribution in [2.45, 2.75) is 26.7 Å². The highest BCUT2D eigenvalue weighted by atomic mass is 16.4. The molecule has 0 aliphatic rings. The molecule has 1 unspecified atom stereocenters. The molecular weight excluding hydrogens is 350 g/mol. The highest BCUT2D eigenvalue weighted by molar-refractivity contribution is 5.94.